The van der Waals surface area contributed by atoms with Crippen LogP contribution in [-0.4, -0.2) is 69.3 Å². The number of halogens is 1. The van der Waals surface area contributed by atoms with Gasteiger partial charge in [-0.2, -0.15) is 0 Å². The number of rotatable bonds is 37. The summed E-state index contributed by atoms with van der Waals surface area (Å²) < 4.78 is 2.25. The Kier molecular flexibility index (Phi) is 49.1. The fourth-order valence-corrected chi connectivity index (χ4v) is 7.19. The second-order valence-electron chi connectivity index (χ2n) is 19.1. The highest BCUT2D eigenvalue weighted by Crippen LogP contribution is 2.15. The molecule has 1 aromatic heterocycles. The minimum absolute atomic E-state index is 0. The van der Waals surface area contributed by atoms with E-state index in [0.717, 1.165) is 15.4 Å². The van der Waals surface area contributed by atoms with Crippen molar-refractivity contribution in [3.63, 3.8) is 0 Å². The van der Waals surface area contributed by atoms with E-state index < -0.39 is 0 Å². The lowest BCUT2D eigenvalue weighted by molar-refractivity contribution is -0.870. The Morgan fingerprint density at radius 2 is 0.600 bits per heavy atom. The maximum atomic E-state index is 4.35. The fraction of sp³-hybridized carbons (Fsp3) is 0.902. The molecule has 0 unspecified atom stereocenters. The molecule has 0 aliphatic heterocycles. The van der Waals surface area contributed by atoms with Crippen LogP contribution in [0.25, 0.3) is 0 Å². The van der Waals surface area contributed by atoms with Crippen LogP contribution in [0.5, 0.6) is 0 Å². The van der Waals surface area contributed by atoms with Gasteiger partial charge in [0.2, 0.25) is 0 Å². The number of nitrogens with zero attached hydrogens (tertiary/aromatic N) is 3. The molecular weight excluding hydrogens is 690 g/mol. The van der Waals surface area contributed by atoms with Crippen molar-refractivity contribution in [1.82, 2.24) is 4.98 Å². The van der Waals surface area contributed by atoms with E-state index in [4.69, 9.17) is 0 Å². The first-order chi connectivity index (χ1) is 26.1. The van der Waals surface area contributed by atoms with Gasteiger partial charge in [0, 0.05) is 11.9 Å². The predicted octanol–water partition coefficient (Wildman–Crippen LogP) is 16.8. The first-order valence-corrected chi connectivity index (χ1v) is 24.6. The molecule has 1 aromatic rings. The van der Waals surface area contributed by atoms with Gasteiger partial charge in [-0.15, -0.1) is 12.4 Å². The zero-order chi connectivity index (χ0) is 40.3. The minimum Gasteiger partial charge on any atom is -0.331 e. The molecule has 3 nitrogen and oxygen atoms in total. The molecule has 0 radical (unpaired) electrons. The third-order valence-corrected chi connectivity index (χ3v) is 10.9. The largest absolute Gasteiger partial charge is 0.331 e. The van der Waals surface area contributed by atoms with Crippen LogP contribution in [-0.2, 0) is 6.42 Å². The van der Waals surface area contributed by atoms with Crippen molar-refractivity contribution in [2.45, 2.75) is 245 Å². The van der Waals surface area contributed by atoms with Gasteiger partial charge in [0.1, 0.15) is 0 Å². The molecule has 0 N–H and O–H groups in total. The van der Waals surface area contributed by atoms with Crippen LogP contribution in [0.2, 0.25) is 0 Å². The van der Waals surface area contributed by atoms with E-state index in [1.807, 2.05) is 12.3 Å². The zero-order valence-corrected chi connectivity index (χ0v) is 40.5. The van der Waals surface area contributed by atoms with Gasteiger partial charge in [-0.05, 0) is 50.7 Å². The van der Waals surface area contributed by atoms with Crippen LogP contribution >= 0.6 is 12.4 Å². The van der Waals surface area contributed by atoms with Crippen molar-refractivity contribution in [3.05, 3.63) is 30.1 Å². The summed E-state index contributed by atoms with van der Waals surface area (Å²) in [5.74, 6) is 0. The smallest absolute Gasteiger partial charge is 0.0780 e. The number of hydrogen-bond acceptors (Lipinski definition) is 1. The molecule has 0 amide bonds. The molecule has 1 heterocycles. The molecule has 0 aliphatic rings. The molecule has 0 atom stereocenters. The summed E-state index contributed by atoms with van der Waals surface area (Å²) in [7, 11) is 13.7. The van der Waals surface area contributed by atoms with E-state index in [0.29, 0.717) is 0 Å². The highest BCUT2D eigenvalue weighted by atomic mass is 35.5. The summed E-state index contributed by atoms with van der Waals surface area (Å²) in [5.41, 5.74) is 1.25. The van der Waals surface area contributed by atoms with Crippen LogP contribution in [0.1, 0.15) is 245 Å². The molecule has 0 saturated carbocycles. The SMILES string of the molecule is CCCCCCCCCCCCCCCC[N+](C)(C)C.CCCCCCCCCCCC[N+](C)(C)C.CCCCCCCCCCCCc1ccccn1.Cl. The molecule has 0 bridgehead atoms. The molecule has 330 valence electrons. The Hall–Kier alpha value is -0.640. The van der Waals surface area contributed by atoms with E-state index in [2.05, 4.69) is 80.2 Å². The summed E-state index contributed by atoms with van der Waals surface area (Å²) in [4.78, 5) is 4.35. The van der Waals surface area contributed by atoms with Gasteiger partial charge in [-0.1, -0.05) is 213 Å². The lowest BCUT2D eigenvalue weighted by Crippen LogP contribution is -2.35. The molecule has 0 fully saturated rings. The summed E-state index contributed by atoms with van der Waals surface area (Å²) >= 11 is 0. The summed E-state index contributed by atoms with van der Waals surface area (Å²) in [6, 6.07) is 6.20. The summed E-state index contributed by atoms with van der Waals surface area (Å²) in [6.45, 7) is 9.52. The second-order valence-corrected chi connectivity index (χ2v) is 19.1. The lowest BCUT2D eigenvalue weighted by Gasteiger charge is -2.23. The van der Waals surface area contributed by atoms with E-state index >= 15 is 0 Å². The number of aromatic nitrogens is 1. The Labute approximate surface area is 356 Å². The number of unbranched alkanes of at least 4 members (excludes halogenated alkanes) is 31. The van der Waals surface area contributed by atoms with Crippen molar-refractivity contribution < 1.29 is 8.97 Å². The minimum atomic E-state index is 0. The molecule has 55 heavy (non-hydrogen) atoms. The van der Waals surface area contributed by atoms with Gasteiger partial charge in [0.05, 0.1) is 55.4 Å². The molecular formula is C51H106ClN3+2. The van der Waals surface area contributed by atoms with Gasteiger partial charge in [-0.3, -0.25) is 4.98 Å². The van der Waals surface area contributed by atoms with Gasteiger partial charge in [0.15, 0.2) is 0 Å². The monoisotopic (exact) mass is 796 g/mol. The van der Waals surface area contributed by atoms with Gasteiger partial charge >= 0.3 is 0 Å². The van der Waals surface area contributed by atoms with Crippen molar-refractivity contribution in [1.29, 1.82) is 0 Å². The number of aryl methyl sites for hydroxylation is 1. The van der Waals surface area contributed by atoms with Crippen molar-refractivity contribution >= 4 is 12.4 Å². The summed E-state index contributed by atoms with van der Waals surface area (Å²) in [5, 5.41) is 0. The van der Waals surface area contributed by atoms with Crippen molar-refractivity contribution in [2.75, 3.05) is 55.4 Å². The predicted molar refractivity (Wildman–Crippen MR) is 255 cm³/mol. The highest BCUT2D eigenvalue weighted by molar-refractivity contribution is 5.85. The van der Waals surface area contributed by atoms with Crippen LogP contribution < -0.4 is 0 Å². The van der Waals surface area contributed by atoms with E-state index in [-0.39, 0.29) is 12.4 Å². The van der Waals surface area contributed by atoms with Gasteiger partial charge < -0.3 is 8.97 Å². The molecule has 0 aliphatic carbocycles. The zero-order valence-electron chi connectivity index (χ0n) is 39.7. The van der Waals surface area contributed by atoms with Crippen molar-refractivity contribution in [3.8, 4) is 0 Å². The normalized spacial score (nSPS) is 11.4. The lowest BCUT2D eigenvalue weighted by atomic mass is 10.0. The van der Waals surface area contributed by atoms with E-state index in [1.165, 1.54) is 237 Å². The molecule has 0 spiro atoms. The second kappa shape index (κ2) is 46.1. The van der Waals surface area contributed by atoms with Crippen LogP contribution in [0.4, 0.5) is 0 Å². The summed E-state index contributed by atoms with van der Waals surface area (Å²) in [6.07, 6.45) is 51.9. The van der Waals surface area contributed by atoms with Crippen molar-refractivity contribution in [2.24, 2.45) is 0 Å². The van der Waals surface area contributed by atoms with Crippen LogP contribution in [0, 0.1) is 0 Å². The maximum Gasteiger partial charge on any atom is 0.0780 e. The van der Waals surface area contributed by atoms with Gasteiger partial charge in [-0.25, -0.2) is 0 Å². The average Bonchev–Trinajstić information content (AvgIpc) is 3.13. The molecule has 0 saturated heterocycles. The third-order valence-electron chi connectivity index (χ3n) is 10.9. The van der Waals surface area contributed by atoms with Crippen LogP contribution in [0.15, 0.2) is 24.4 Å². The average molecular weight is 797 g/mol. The number of hydrogen-bond donors (Lipinski definition) is 0. The standard InChI is InChI=1S/C19H42N.C17H29N.C15H34N.ClH/c1-5-6-7-8-9-10-11-12-13-14-15-16-17-18-19-20(2,3)4;1-2-3-4-5-6-7-8-9-10-11-14-17-15-12-13-16-18-17;1-5-6-7-8-9-10-11-12-13-14-15-16(2,3)4;/h5-19H2,1-4H3;12-13,15-16H,2-11,14H2,1H3;5-15H2,1-4H3;1H/q+1;;+1;. The van der Waals surface area contributed by atoms with E-state index in [1.54, 1.807) is 0 Å². The number of pyridine rings is 1. The molecule has 0 aromatic carbocycles. The topological polar surface area (TPSA) is 12.9 Å². The van der Waals surface area contributed by atoms with Gasteiger partial charge in [0.25, 0.3) is 0 Å². The Morgan fingerprint density at radius 1 is 0.345 bits per heavy atom. The third kappa shape index (κ3) is 57.8. The Morgan fingerprint density at radius 3 is 0.836 bits per heavy atom. The van der Waals surface area contributed by atoms with E-state index in [9.17, 15) is 0 Å². The first-order valence-electron chi connectivity index (χ1n) is 24.6. The number of quaternary nitrogens is 2. The molecule has 1 rings (SSSR count). The first kappa shape index (κ1) is 58.7. The fourth-order valence-electron chi connectivity index (χ4n) is 7.19. The Bertz CT molecular complexity index is 800. The Balaban J connectivity index is -0.000000735. The highest BCUT2D eigenvalue weighted by Gasteiger charge is 2.06. The quantitative estimate of drug-likeness (QED) is 0.0483. The maximum absolute atomic E-state index is 4.35. The van der Waals surface area contributed by atoms with Crippen LogP contribution in [0.3, 0.4) is 0 Å². The molecule has 4 heteroatoms.